The summed E-state index contributed by atoms with van der Waals surface area (Å²) in [4.78, 5) is 37.5. The smallest absolute Gasteiger partial charge is 0.253 e. The van der Waals surface area contributed by atoms with Gasteiger partial charge in [0.2, 0.25) is 5.91 Å². The fraction of sp³-hybridized carbons (Fsp3) is 0.312. The van der Waals surface area contributed by atoms with E-state index in [1.54, 1.807) is 26.1 Å². The van der Waals surface area contributed by atoms with Crippen molar-refractivity contribution < 1.29 is 14.4 Å². The van der Waals surface area contributed by atoms with Gasteiger partial charge in [-0.3, -0.25) is 19.3 Å². The average molecular weight is 299 g/mol. The van der Waals surface area contributed by atoms with Crippen LogP contribution in [0, 0.1) is 0 Å². The van der Waals surface area contributed by atoms with Crippen LogP contribution in [0.4, 0.5) is 0 Å². The summed E-state index contributed by atoms with van der Waals surface area (Å²) in [5, 5.41) is 2.66. The second-order valence-corrected chi connectivity index (χ2v) is 5.69. The number of pyridine rings is 1. The lowest BCUT2D eigenvalue weighted by Crippen LogP contribution is -2.43. The summed E-state index contributed by atoms with van der Waals surface area (Å²) in [5.74, 6) is -0.926. The van der Waals surface area contributed by atoms with E-state index in [9.17, 15) is 14.4 Å². The van der Waals surface area contributed by atoms with E-state index in [1.807, 2.05) is 28.8 Å². The molecule has 3 rings (SSSR count). The number of hydrogen-bond donors (Lipinski definition) is 1. The van der Waals surface area contributed by atoms with Crippen LogP contribution in [0.1, 0.15) is 30.6 Å². The Bertz CT molecular complexity index is 730. The molecule has 0 unspecified atom stereocenters. The summed E-state index contributed by atoms with van der Waals surface area (Å²) in [6.45, 7) is 3.56. The lowest BCUT2D eigenvalue weighted by atomic mass is 10.2. The molecule has 2 aromatic rings. The van der Waals surface area contributed by atoms with Crippen molar-refractivity contribution in [2.24, 2.45) is 0 Å². The molecule has 22 heavy (non-hydrogen) atoms. The number of rotatable bonds is 3. The number of aromatic nitrogens is 1. The molecule has 3 heterocycles. The van der Waals surface area contributed by atoms with Crippen LogP contribution in [0.3, 0.4) is 0 Å². The van der Waals surface area contributed by atoms with E-state index in [0.717, 1.165) is 5.52 Å². The molecule has 6 nitrogen and oxygen atoms in total. The number of nitrogens with zero attached hydrogens (tertiary/aromatic N) is 2. The first-order valence-electron chi connectivity index (χ1n) is 7.21. The first-order valence-corrected chi connectivity index (χ1v) is 7.21. The third-order valence-corrected chi connectivity index (χ3v) is 3.77. The summed E-state index contributed by atoms with van der Waals surface area (Å²) in [6, 6.07) is 6.42. The lowest BCUT2D eigenvalue weighted by molar-refractivity contribution is -0.140. The van der Waals surface area contributed by atoms with Crippen molar-refractivity contribution in [1.29, 1.82) is 0 Å². The molecule has 1 aliphatic rings. The number of carbonyl (C=O) groups is 3. The van der Waals surface area contributed by atoms with Crippen molar-refractivity contribution >= 4 is 23.2 Å². The van der Waals surface area contributed by atoms with E-state index in [4.69, 9.17) is 0 Å². The molecule has 1 N–H and O–H groups in total. The van der Waals surface area contributed by atoms with Gasteiger partial charge in [-0.15, -0.1) is 0 Å². The lowest BCUT2D eigenvalue weighted by Gasteiger charge is -2.19. The Labute approximate surface area is 127 Å². The number of likely N-dealkylation sites (tertiary alicyclic amines) is 1. The fourth-order valence-corrected chi connectivity index (χ4v) is 2.73. The molecule has 0 saturated carbocycles. The molecular weight excluding hydrogens is 282 g/mol. The molecule has 0 bridgehead atoms. The molecule has 3 amide bonds. The predicted molar refractivity (Wildman–Crippen MR) is 80.3 cm³/mol. The van der Waals surface area contributed by atoms with Gasteiger partial charge in [0.1, 0.15) is 6.04 Å². The number of carbonyl (C=O) groups excluding carboxylic acids is 3. The summed E-state index contributed by atoms with van der Waals surface area (Å²) in [5.41, 5.74) is 1.36. The van der Waals surface area contributed by atoms with E-state index in [1.165, 1.54) is 4.90 Å². The van der Waals surface area contributed by atoms with Crippen LogP contribution >= 0.6 is 0 Å². The standard InChI is InChI=1S/C16H17N3O3/c1-10(2)19-14(20)8-13(16(19)22)17-15(21)11-7-12-5-3-4-6-18(12)9-11/h3-7,9-10,13H,8H2,1-2H3,(H,17,21)/t13-/m1/s1. The molecule has 0 radical (unpaired) electrons. The molecule has 2 aromatic heterocycles. The Hall–Kier alpha value is -2.63. The average Bonchev–Trinajstić information content (AvgIpc) is 3.00. The van der Waals surface area contributed by atoms with Crippen molar-refractivity contribution in [1.82, 2.24) is 14.6 Å². The van der Waals surface area contributed by atoms with Crippen molar-refractivity contribution in [3.63, 3.8) is 0 Å². The van der Waals surface area contributed by atoms with E-state index in [-0.39, 0.29) is 30.2 Å². The minimum atomic E-state index is -0.773. The molecular formula is C16H17N3O3. The van der Waals surface area contributed by atoms with Gasteiger partial charge in [-0.1, -0.05) is 6.07 Å². The van der Waals surface area contributed by atoms with Gasteiger partial charge in [-0.25, -0.2) is 0 Å². The largest absolute Gasteiger partial charge is 0.340 e. The molecule has 114 valence electrons. The van der Waals surface area contributed by atoms with Gasteiger partial charge in [0, 0.05) is 24.0 Å². The fourth-order valence-electron chi connectivity index (χ4n) is 2.73. The zero-order valence-corrected chi connectivity index (χ0v) is 12.4. The van der Waals surface area contributed by atoms with Gasteiger partial charge < -0.3 is 9.72 Å². The number of fused-ring (bicyclic) bond motifs is 1. The van der Waals surface area contributed by atoms with Crippen molar-refractivity contribution in [2.45, 2.75) is 32.4 Å². The van der Waals surface area contributed by atoms with Crippen LogP contribution < -0.4 is 5.32 Å². The Balaban J connectivity index is 1.77. The second-order valence-electron chi connectivity index (χ2n) is 5.69. The quantitative estimate of drug-likeness (QED) is 0.866. The van der Waals surface area contributed by atoms with E-state index >= 15 is 0 Å². The van der Waals surface area contributed by atoms with Crippen molar-refractivity contribution in [2.75, 3.05) is 0 Å². The highest BCUT2D eigenvalue weighted by Crippen LogP contribution is 2.17. The molecule has 0 aliphatic carbocycles. The van der Waals surface area contributed by atoms with Crippen molar-refractivity contribution in [3.05, 3.63) is 42.2 Å². The van der Waals surface area contributed by atoms with Crippen LogP contribution in [0.15, 0.2) is 36.7 Å². The minimum Gasteiger partial charge on any atom is -0.340 e. The minimum absolute atomic E-state index is 0.0239. The van der Waals surface area contributed by atoms with Gasteiger partial charge >= 0.3 is 0 Å². The highest BCUT2D eigenvalue weighted by atomic mass is 16.2. The van der Waals surface area contributed by atoms with Gasteiger partial charge in [0.15, 0.2) is 0 Å². The Kier molecular flexibility index (Phi) is 3.44. The van der Waals surface area contributed by atoms with E-state index in [0.29, 0.717) is 5.56 Å². The number of amides is 3. The molecule has 1 atom stereocenters. The van der Waals surface area contributed by atoms with Crippen molar-refractivity contribution in [3.8, 4) is 0 Å². The third-order valence-electron chi connectivity index (χ3n) is 3.77. The maximum absolute atomic E-state index is 12.3. The highest BCUT2D eigenvalue weighted by molar-refractivity contribution is 6.08. The third kappa shape index (κ3) is 2.36. The second kappa shape index (κ2) is 5.29. The first-order chi connectivity index (χ1) is 10.5. The molecule has 1 saturated heterocycles. The SMILES string of the molecule is CC(C)N1C(=O)C[C@@H](NC(=O)c2cc3ccccn3c2)C1=O. The van der Waals surface area contributed by atoms with Crippen LogP contribution in [0.5, 0.6) is 0 Å². The molecule has 6 heteroatoms. The molecule has 1 fully saturated rings. The summed E-state index contributed by atoms with van der Waals surface area (Å²) in [6.07, 6.45) is 3.57. The van der Waals surface area contributed by atoms with Crippen LogP contribution in [-0.4, -0.2) is 39.1 Å². The van der Waals surface area contributed by atoms with Crippen LogP contribution in [0.25, 0.3) is 5.52 Å². The van der Waals surface area contributed by atoms with Crippen LogP contribution in [-0.2, 0) is 9.59 Å². The normalized spacial score (nSPS) is 18.5. The Morgan fingerprint density at radius 1 is 1.32 bits per heavy atom. The number of imide groups is 1. The van der Waals surface area contributed by atoms with Gasteiger partial charge in [-0.2, -0.15) is 0 Å². The number of hydrogen-bond acceptors (Lipinski definition) is 3. The monoisotopic (exact) mass is 299 g/mol. The van der Waals surface area contributed by atoms with Crippen LogP contribution in [0.2, 0.25) is 0 Å². The maximum atomic E-state index is 12.3. The summed E-state index contributed by atoms with van der Waals surface area (Å²) >= 11 is 0. The Morgan fingerprint density at radius 2 is 2.09 bits per heavy atom. The highest BCUT2D eigenvalue weighted by Gasteiger charge is 2.40. The van der Waals surface area contributed by atoms with Gasteiger partial charge in [-0.05, 0) is 32.0 Å². The molecule has 0 spiro atoms. The van der Waals surface area contributed by atoms with Gasteiger partial charge in [0.25, 0.3) is 11.8 Å². The maximum Gasteiger partial charge on any atom is 0.253 e. The van der Waals surface area contributed by atoms with E-state index in [2.05, 4.69) is 5.32 Å². The Morgan fingerprint density at radius 3 is 2.73 bits per heavy atom. The number of nitrogens with one attached hydrogen (secondary N) is 1. The zero-order chi connectivity index (χ0) is 15.9. The molecule has 0 aromatic carbocycles. The summed E-state index contributed by atoms with van der Waals surface area (Å²) in [7, 11) is 0. The molecule has 1 aliphatic heterocycles. The zero-order valence-electron chi connectivity index (χ0n) is 12.4. The summed E-state index contributed by atoms with van der Waals surface area (Å²) < 4.78 is 1.83. The van der Waals surface area contributed by atoms with Gasteiger partial charge in [0.05, 0.1) is 12.0 Å². The van der Waals surface area contributed by atoms with E-state index < -0.39 is 6.04 Å². The predicted octanol–water partition coefficient (Wildman–Crippen LogP) is 1.20. The first kappa shape index (κ1) is 14.3. The topological polar surface area (TPSA) is 70.9 Å².